The Morgan fingerprint density at radius 1 is 1.50 bits per heavy atom. The van der Waals surface area contributed by atoms with Gasteiger partial charge in [-0.3, -0.25) is 14.3 Å². The molecule has 0 fully saturated rings. The number of nitrogens with one attached hydrogen (secondary N) is 1. The van der Waals surface area contributed by atoms with Gasteiger partial charge < -0.3 is 15.0 Å². The van der Waals surface area contributed by atoms with Crippen LogP contribution in [0.3, 0.4) is 0 Å². The maximum Gasteiger partial charge on any atom is 0.273 e. The molecule has 2 heterocycles. The average Bonchev–Trinajstić information content (AvgIpc) is 2.85. The molecule has 1 amide bonds. The average molecular weight is 277 g/mol. The quantitative estimate of drug-likeness (QED) is 0.712. The predicted octanol–water partition coefficient (Wildman–Crippen LogP) is -1.23. The van der Waals surface area contributed by atoms with Gasteiger partial charge in [-0.15, -0.1) is 5.10 Å². The fraction of sp³-hybridized carbons (Fsp3) is 0.333. The number of aliphatic hydroxyl groups excluding tert-OH is 1. The van der Waals surface area contributed by atoms with E-state index in [2.05, 4.69) is 15.6 Å². The second kappa shape index (κ2) is 6.11. The summed E-state index contributed by atoms with van der Waals surface area (Å²) in [5.41, 5.74) is -0.0246. The largest absolute Gasteiger partial charge is 0.389 e. The van der Waals surface area contributed by atoms with Gasteiger partial charge in [-0.25, -0.2) is 0 Å². The predicted molar refractivity (Wildman–Crippen MR) is 70.0 cm³/mol. The van der Waals surface area contributed by atoms with Crippen molar-refractivity contribution in [2.75, 3.05) is 6.54 Å². The van der Waals surface area contributed by atoms with Crippen molar-refractivity contribution in [2.24, 2.45) is 7.05 Å². The standard InChI is InChI=1S/C12H15N5O3/c1-16-8-10(14-15-16)12(20)13-6-9(18)7-17-5-3-2-4-11(17)19/h2-5,8-9,18H,6-7H2,1H3,(H,13,20). The molecule has 0 aliphatic carbocycles. The monoisotopic (exact) mass is 277 g/mol. The van der Waals surface area contributed by atoms with Gasteiger partial charge in [-0.05, 0) is 6.07 Å². The Morgan fingerprint density at radius 3 is 2.95 bits per heavy atom. The van der Waals surface area contributed by atoms with Crippen molar-refractivity contribution >= 4 is 5.91 Å². The molecule has 20 heavy (non-hydrogen) atoms. The molecular weight excluding hydrogens is 262 g/mol. The summed E-state index contributed by atoms with van der Waals surface area (Å²) in [5, 5.41) is 19.6. The van der Waals surface area contributed by atoms with E-state index in [1.165, 1.54) is 21.5 Å². The van der Waals surface area contributed by atoms with E-state index >= 15 is 0 Å². The van der Waals surface area contributed by atoms with Crippen LogP contribution in [0.15, 0.2) is 35.4 Å². The van der Waals surface area contributed by atoms with Crippen molar-refractivity contribution in [3.05, 3.63) is 46.6 Å². The number of carbonyl (C=O) groups is 1. The lowest BCUT2D eigenvalue weighted by atomic mass is 10.3. The maximum atomic E-state index is 11.7. The molecule has 8 heteroatoms. The van der Waals surface area contributed by atoms with E-state index in [4.69, 9.17) is 0 Å². The van der Waals surface area contributed by atoms with Crippen molar-refractivity contribution in [2.45, 2.75) is 12.6 Å². The molecule has 2 rings (SSSR count). The molecule has 0 bridgehead atoms. The van der Waals surface area contributed by atoms with Crippen molar-refractivity contribution < 1.29 is 9.90 Å². The fourth-order valence-electron chi connectivity index (χ4n) is 1.66. The molecule has 0 saturated carbocycles. The normalized spacial score (nSPS) is 12.1. The first kappa shape index (κ1) is 13.9. The van der Waals surface area contributed by atoms with E-state index in [1.54, 1.807) is 25.4 Å². The molecule has 0 spiro atoms. The molecule has 8 nitrogen and oxygen atoms in total. The van der Waals surface area contributed by atoms with Crippen LogP contribution in [0.1, 0.15) is 10.5 Å². The Kier molecular flexibility index (Phi) is 4.26. The number of nitrogens with zero attached hydrogens (tertiary/aromatic N) is 4. The Hall–Kier alpha value is -2.48. The summed E-state index contributed by atoms with van der Waals surface area (Å²) >= 11 is 0. The van der Waals surface area contributed by atoms with E-state index in [1.807, 2.05) is 0 Å². The van der Waals surface area contributed by atoms with Gasteiger partial charge in [0.15, 0.2) is 5.69 Å². The third-order valence-electron chi connectivity index (χ3n) is 2.64. The molecule has 0 aromatic carbocycles. The molecule has 0 aliphatic heterocycles. The number of hydrogen-bond acceptors (Lipinski definition) is 5. The number of aryl methyl sites for hydroxylation is 1. The zero-order valence-corrected chi connectivity index (χ0v) is 10.9. The van der Waals surface area contributed by atoms with Gasteiger partial charge in [0.2, 0.25) is 0 Å². The van der Waals surface area contributed by atoms with Crippen LogP contribution in [0.2, 0.25) is 0 Å². The SMILES string of the molecule is Cn1cc(C(=O)NCC(O)Cn2ccccc2=O)nn1. The highest BCUT2D eigenvalue weighted by Gasteiger charge is 2.12. The number of rotatable bonds is 5. The summed E-state index contributed by atoms with van der Waals surface area (Å²) in [6.45, 7) is 0.136. The summed E-state index contributed by atoms with van der Waals surface area (Å²) in [4.78, 5) is 23.1. The summed E-state index contributed by atoms with van der Waals surface area (Å²) in [5.74, 6) is -0.419. The van der Waals surface area contributed by atoms with Crippen LogP contribution in [0.4, 0.5) is 0 Å². The number of amides is 1. The molecule has 2 aromatic heterocycles. The fourth-order valence-corrected chi connectivity index (χ4v) is 1.66. The number of pyridine rings is 1. The van der Waals surface area contributed by atoms with E-state index < -0.39 is 12.0 Å². The molecular formula is C12H15N5O3. The number of aliphatic hydroxyl groups is 1. The summed E-state index contributed by atoms with van der Waals surface area (Å²) < 4.78 is 2.79. The highest BCUT2D eigenvalue weighted by atomic mass is 16.3. The van der Waals surface area contributed by atoms with Gasteiger partial charge in [0.1, 0.15) is 0 Å². The third-order valence-corrected chi connectivity index (χ3v) is 2.64. The topological polar surface area (TPSA) is 102 Å². The molecule has 0 saturated heterocycles. The van der Waals surface area contributed by atoms with Crippen LogP contribution < -0.4 is 10.9 Å². The van der Waals surface area contributed by atoms with E-state index in [0.717, 1.165) is 0 Å². The van der Waals surface area contributed by atoms with Crippen molar-refractivity contribution in [1.82, 2.24) is 24.9 Å². The van der Waals surface area contributed by atoms with Gasteiger partial charge in [0.25, 0.3) is 11.5 Å². The number of carbonyl (C=O) groups excluding carboxylic acids is 1. The molecule has 1 atom stereocenters. The second-order valence-corrected chi connectivity index (χ2v) is 4.33. The van der Waals surface area contributed by atoms with Gasteiger partial charge in [0, 0.05) is 25.9 Å². The molecule has 0 aliphatic rings. The summed E-state index contributed by atoms with van der Waals surface area (Å²) in [6, 6.07) is 4.73. The van der Waals surface area contributed by atoms with Gasteiger partial charge in [-0.2, -0.15) is 0 Å². The van der Waals surface area contributed by atoms with E-state index in [9.17, 15) is 14.7 Å². The minimum atomic E-state index is -0.865. The van der Waals surface area contributed by atoms with Crippen LogP contribution in [0.25, 0.3) is 0 Å². The van der Waals surface area contributed by atoms with Crippen LogP contribution >= 0.6 is 0 Å². The smallest absolute Gasteiger partial charge is 0.273 e. The van der Waals surface area contributed by atoms with E-state index in [-0.39, 0.29) is 24.3 Å². The summed E-state index contributed by atoms with van der Waals surface area (Å²) in [6.07, 6.45) is 2.19. The minimum absolute atomic E-state index is 0.0245. The molecule has 106 valence electrons. The van der Waals surface area contributed by atoms with E-state index in [0.29, 0.717) is 0 Å². The Bertz CT molecular complexity index is 648. The van der Waals surface area contributed by atoms with Crippen LogP contribution in [-0.4, -0.2) is 43.2 Å². The number of hydrogen-bond donors (Lipinski definition) is 2. The highest BCUT2D eigenvalue weighted by molar-refractivity contribution is 5.91. The Morgan fingerprint density at radius 2 is 2.30 bits per heavy atom. The van der Waals surface area contributed by atoms with Crippen LogP contribution in [-0.2, 0) is 13.6 Å². The lowest BCUT2D eigenvalue weighted by molar-refractivity contribution is 0.0898. The molecule has 2 aromatic rings. The minimum Gasteiger partial charge on any atom is -0.389 e. The lowest BCUT2D eigenvalue weighted by Crippen LogP contribution is -2.36. The zero-order valence-electron chi connectivity index (χ0n) is 10.9. The van der Waals surface area contributed by atoms with Gasteiger partial charge in [-0.1, -0.05) is 11.3 Å². The van der Waals surface area contributed by atoms with Crippen molar-refractivity contribution in [1.29, 1.82) is 0 Å². The Labute approximate surface area is 114 Å². The zero-order chi connectivity index (χ0) is 14.5. The van der Waals surface area contributed by atoms with Crippen LogP contribution in [0, 0.1) is 0 Å². The molecule has 1 unspecified atom stereocenters. The van der Waals surface area contributed by atoms with Crippen LogP contribution in [0.5, 0.6) is 0 Å². The highest BCUT2D eigenvalue weighted by Crippen LogP contribution is 1.93. The van der Waals surface area contributed by atoms with Crippen molar-refractivity contribution in [3.63, 3.8) is 0 Å². The second-order valence-electron chi connectivity index (χ2n) is 4.33. The van der Waals surface area contributed by atoms with Crippen molar-refractivity contribution in [3.8, 4) is 0 Å². The molecule has 0 radical (unpaired) electrons. The third kappa shape index (κ3) is 3.51. The lowest BCUT2D eigenvalue weighted by Gasteiger charge is -2.12. The molecule has 2 N–H and O–H groups in total. The Balaban J connectivity index is 1.86. The first-order valence-corrected chi connectivity index (χ1v) is 6.04. The van der Waals surface area contributed by atoms with Gasteiger partial charge >= 0.3 is 0 Å². The first-order valence-electron chi connectivity index (χ1n) is 6.04. The first-order chi connectivity index (χ1) is 9.56. The summed E-state index contributed by atoms with van der Waals surface area (Å²) in [7, 11) is 1.65. The maximum absolute atomic E-state index is 11.7. The number of aromatic nitrogens is 4. The van der Waals surface area contributed by atoms with Gasteiger partial charge in [0.05, 0.1) is 18.8 Å².